The summed E-state index contributed by atoms with van der Waals surface area (Å²) in [5.74, 6) is 0. The molecule has 0 unspecified atom stereocenters. The van der Waals surface area contributed by atoms with Crippen LogP contribution in [0.25, 0.3) is 11.3 Å². The van der Waals surface area contributed by atoms with E-state index in [4.69, 9.17) is 0 Å². The number of nitrogens with one attached hydrogen (secondary N) is 1. The van der Waals surface area contributed by atoms with Crippen molar-refractivity contribution in [2.24, 2.45) is 7.05 Å². The lowest BCUT2D eigenvalue weighted by atomic mass is 10.2. The summed E-state index contributed by atoms with van der Waals surface area (Å²) in [6.07, 6.45) is 1.82. The third-order valence-electron chi connectivity index (χ3n) is 2.12. The third-order valence-corrected chi connectivity index (χ3v) is 3.06. The molecule has 0 aliphatic heterocycles. The lowest BCUT2D eigenvalue weighted by molar-refractivity contribution is 0.776. The molecule has 0 amide bonds. The van der Waals surface area contributed by atoms with Gasteiger partial charge in [-0.2, -0.15) is 5.10 Å². The number of aromatic nitrogens is 2. The van der Waals surface area contributed by atoms with Gasteiger partial charge >= 0.3 is 0 Å². The largest absolute Gasteiger partial charge is 0.315 e. The van der Waals surface area contributed by atoms with Crippen molar-refractivity contribution in [3.63, 3.8) is 0 Å². The maximum Gasteiger partial charge on any atom is 0.0687 e. The van der Waals surface area contributed by atoms with Gasteiger partial charge in [0, 0.05) is 35.6 Å². The lowest BCUT2D eigenvalue weighted by Gasteiger charge is -1.97. The molecule has 0 radical (unpaired) electrons. The molecule has 0 spiro atoms. The fourth-order valence-corrected chi connectivity index (χ4v) is 2.33. The quantitative estimate of drug-likeness (QED) is 0.832. The van der Waals surface area contributed by atoms with Gasteiger partial charge in [0.15, 0.2) is 0 Å². The standard InChI is InChI=1S/C10H13N3S/c1-11-6-9-5-8(7-14-9)10-3-4-12-13(10)2/h3-5,7,11H,6H2,1-2H3. The van der Waals surface area contributed by atoms with E-state index in [0.29, 0.717) is 0 Å². The molecule has 3 nitrogen and oxygen atoms in total. The van der Waals surface area contributed by atoms with Crippen LogP contribution < -0.4 is 5.32 Å². The molecule has 2 aromatic heterocycles. The number of nitrogens with zero attached hydrogens (tertiary/aromatic N) is 2. The summed E-state index contributed by atoms with van der Waals surface area (Å²) in [6.45, 7) is 0.933. The van der Waals surface area contributed by atoms with Gasteiger partial charge < -0.3 is 5.32 Å². The Morgan fingerprint density at radius 1 is 1.57 bits per heavy atom. The Balaban J connectivity index is 2.29. The van der Waals surface area contributed by atoms with E-state index in [1.807, 2.05) is 31.0 Å². The highest BCUT2D eigenvalue weighted by Crippen LogP contribution is 2.24. The van der Waals surface area contributed by atoms with Crippen molar-refractivity contribution < 1.29 is 0 Å². The van der Waals surface area contributed by atoms with E-state index in [2.05, 4.69) is 21.9 Å². The number of hydrogen-bond acceptors (Lipinski definition) is 3. The van der Waals surface area contributed by atoms with Crippen molar-refractivity contribution in [2.45, 2.75) is 6.54 Å². The molecule has 74 valence electrons. The zero-order valence-corrected chi connectivity index (χ0v) is 9.14. The molecule has 14 heavy (non-hydrogen) atoms. The van der Waals surface area contributed by atoms with Gasteiger partial charge in [0.1, 0.15) is 0 Å². The molecule has 2 aromatic rings. The summed E-state index contributed by atoms with van der Waals surface area (Å²) in [4.78, 5) is 1.35. The van der Waals surface area contributed by atoms with E-state index in [-0.39, 0.29) is 0 Å². The van der Waals surface area contributed by atoms with Crippen LogP contribution in [0.1, 0.15) is 4.88 Å². The van der Waals surface area contributed by atoms with E-state index in [9.17, 15) is 0 Å². The van der Waals surface area contributed by atoms with Crippen molar-refractivity contribution in [1.82, 2.24) is 15.1 Å². The second-order valence-electron chi connectivity index (χ2n) is 3.17. The van der Waals surface area contributed by atoms with Crippen LogP contribution in [-0.4, -0.2) is 16.8 Å². The van der Waals surface area contributed by atoms with Gasteiger partial charge in [-0.05, 0) is 19.2 Å². The first kappa shape index (κ1) is 9.43. The van der Waals surface area contributed by atoms with Gasteiger partial charge in [-0.15, -0.1) is 11.3 Å². The van der Waals surface area contributed by atoms with Gasteiger partial charge in [0.05, 0.1) is 5.69 Å². The minimum atomic E-state index is 0.933. The van der Waals surface area contributed by atoms with Crippen LogP contribution in [0.5, 0.6) is 0 Å². The smallest absolute Gasteiger partial charge is 0.0687 e. The summed E-state index contributed by atoms with van der Waals surface area (Å²) >= 11 is 1.78. The molecule has 0 saturated carbocycles. The van der Waals surface area contributed by atoms with E-state index >= 15 is 0 Å². The maximum absolute atomic E-state index is 4.15. The van der Waals surface area contributed by atoms with Crippen LogP contribution in [0.15, 0.2) is 23.7 Å². The van der Waals surface area contributed by atoms with Crippen molar-refractivity contribution in [3.8, 4) is 11.3 Å². The second kappa shape index (κ2) is 3.94. The van der Waals surface area contributed by atoms with Crippen LogP contribution >= 0.6 is 11.3 Å². The van der Waals surface area contributed by atoms with Crippen LogP contribution in [0.3, 0.4) is 0 Å². The molecule has 0 aliphatic carbocycles. The maximum atomic E-state index is 4.15. The second-order valence-corrected chi connectivity index (χ2v) is 4.17. The molecule has 0 aromatic carbocycles. The molecule has 2 heterocycles. The van der Waals surface area contributed by atoms with Crippen molar-refractivity contribution in [2.75, 3.05) is 7.05 Å². The summed E-state index contributed by atoms with van der Waals surface area (Å²) in [5.41, 5.74) is 2.42. The van der Waals surface area contributed by atoms with Gasteiger partial charge in [-0.1, -0.05) is 0 Å². The van der Waals surface area contributed by atoms with E-state index in [0.717, 1.165) is 6.54 Å². The minimum Gasteiger partial charge on any atom is -0.315 e. The summed E-state index contributed by atoms with van der Waals surface area (Å²) in [7, 11) is 3.92. The zero-order chi connectivity index (χ0) is 9.97. The number of aryl methyl sites for hydroxylation is 1. The molecule has 1 N–H and O–H groups in total. The van der Waals surface area contributed by atoms with Gasteiger partial charge in [0.2, 0.25) is 0 Å². The zero-order valence-electron chi connectivity index (χ0n) is 8.32. The Kier molecular flexibility index (Phi) is 2.65. The Bertz CT molecular complexity index is 416. The van der Waals surface area contributed by atoms with Crippen LogP contribution in [0.4, 0.5) is 0 Å². The normalized spacial score (nSPS) is 10.7. The van der Waals surface area contributed by atoms with Gasteiger partial charge in [0.25, 0.3) is 0 Å². The highest BCUT2D eigenvalue weighted by atomic mass is 32.1. The van der Waals surface area contributed by atoms with Gasteiger partial charge in [-0.3, -0.25) is 4.68 Å². The van der Waals surface area contributed by atoms with Crippen LogP contribution in [0, 0.1) is 0 Å². The minimum absolute atomic E-state index is 0.933. The van der Waals surface area contributed by atoms with Crippen molar-refractivity contribution >= 4 is 11.3 Å². The fourth-order valence-electron chi connectivity index (χ4n) is 1.44. The Hall–Kier alpha value is -1.13. The van der Waals surface area contributed by atoms with Crippen molar-refractivity contribution in [3.05, 3.63) is 28.6 Å². The average Bonchev–Trinajstić information content (AvgIpc) is 2.74. The molecule has 0 aliphatic rings. The molecule has 0 fully saturated rings. The van der Waals surface area contributed by atoms with Crippen LogP contribution in [-0.2, 0) is 13.6 Å². The predicted octanol–water partition coefficient (Wildman–Crippen LogP) is 1.87. The lowest BCUT2D eigenvalue weighted by Crippen LogP contribution is -2.02. The van der Waals surface area contributed by atoms with E-state index in [1.54, 1.807) is 11.3 Å². The Labute approximate surface area is 87.4 Å². The van der Waals surface area contributed by atoms with E-state index in [1.165, 1.54) is 16.1 Å². The summed E-state index contributed by atoms with van der Waals surface area (Å²) < 4.78 is 1.89. The highest BCUT2D eigenvalue weighted by molar-refractivity contribution is 7.10. The monoisotopic (exact) mass is 207 g/mol. The first-order valence-electron chi connectivity index (χ1n) is 4.51. The van der Waals surface area contributed by atoms with Crippen LogP contribution in [0.2, 0.25) is 0 Å². The van der Waals surface area contributed by atoms with E-state index < -0.39 is 0 Å². The van der Waals surface area contributed by atoms with Crippen molar-refractivity contribution in [1.29, 1.82) is 0 Å². The molecule has 0 atom stereocenters. The molecule has 2 rings (SSSR count). The first-order chi connectivity index (χ1) is 6.81. The number of rotatable bonds is 3. The predicted molar refractivity (Wildman–Crippen MR) is 59.3 cm³/mol. The summed E-state index contributed by atoms with van der Waals surface area (Å²) in [6, 6.07) is 4.24. The highest BCUT2D eigenvalue weighted by Gasteiger charge is 2.04. The Morgan fingerprint density at radius 3 is 3.07 bits per heavy atom. The average molecular weight is 207 g/mol. The molecule has 0 bridgehead atoms. The molecule has 4 heteroatoms. The number of hydrogen-bond donors (Lipinski definition) is 1. The molecular formula is C10H13N3S. The summed E-state index contributed by atoms with van der Waals surface area (Å²) in [5, 5.41) is 9.47. The molecule has 0 saturated heterocycles. The molecular weight excluding hydrogens is 194 g/mol. The third kappa shape index (κ3) is 1.71. The first-order valence-corrected chi connectivity index (χ1v) is 5.39. The fraction of sp³-hybridized carbons (Fsp3) is 0.300. The van der Waals surface area contributed by atoms with Gasteiger partial charge in [-0.25, -0.2) is 0 Å². The number of thiophene rings is 1. The topological polar surface area (TPSA) is 29.9 Å². The Morgan fingerprint density at radius 2 is 2.43 bits per heavy atom. The SMILES string of the molecule is CNCc1cc(-c2ccnn2C)cs1.